The predicted molar refractivity (Wildman–Crippen MR) is 70.1 cm³/mol. The minimum atomic E-state index is -0.873. The second-order valence-corrected chi connectivity index (χ2v) is 4.68. The number of hydrogen-bond donors (Lipinski definition) is 1. The Morgan fingerprint density at radius 1 is 1.42 bits per heavy atom. The first-order valence-corrected chi connectivity index (χ1v) is 6.12. The molecule has 19 heavy (non-hydrogen) atoms. The van der Waals surface area contributed by atoms with Crippen LogP contribution >= 0.6 is 0 Å². The van der Waals surface area contributed by atoms with Gasteiger partial charge in [0.1, 0.15) is 0 Å². The summed E-state index contributed by atoms with van der Waals surface area (Å²) in [6.45, 7) is 0.983. The Hall–Kier alpha value is -2.28. The van der Waals surface area contributed by atoms with Crippen molar-refractivity contribution in [1.29, 1.82) is 0 Å². The van der Waals surface area contributed by atoms with Gasteiger partial charge in [-0.05, 0) is 11.1 Å². The molecule has 1 heterocycles. The number of aliphatic carboxylic acids is 1. The minimum absolute atomic E-state index is 0.0286. The Balaban J connectivity index is 2.13. The molecule has 1 unspecified atom stereocenters. The second-order valence-electron chi connectivity index (χ2n) is 4.68. The maximum atomic E-state index is 11.8. The van der Waals surface area contributed by atoms with E-state index in [-0.39, 0.29) is 18.2 Å². The molecule has 0 radical (unpaired) electrons. The quantitative estimate of drug-likeness (QED) is 0.827. The number of nitrogens with zero attached hydrogens (tertiary/aromatic N) is 1. The molecule has 1 fully saturated rings. The zero-order chi connectivity index (χ0) is 13.8. The molecule has 0 saturated carbocycles. The monoisotopic (exact) mass is 257 g/mol. The highest BCUT2D eigenvalue weighted by atomic mass is 16.4. The first kappa shape index (κ1) is 13.2. The Morgan fingerprint density at radius 3 is 2.68 bits per heavy atom. The van der Waals surface area contributed by atoms with E-state index in [9.17, 15) is 9.59 Å². The van der Waals surface area contributed by atoms with Crippen molar-refractivity contribution >= 4 is 11.9 Å². The maximum Gasteiger partial charge on any atom is 0.307 e. The first-order chi connectivity index (χ1) is 9.10. The van der Waals surface area contributed by atoms with Crippen molar-refractivity contribution in [3.8, 4) is 12.3 Å². The van der Waals surface area contributed by atoms with Crippen LogP contribution in [0.3, 0.4) is 0 Å². The summed E-state index contributed by atoms with van der Waals surface area (Å²) < 4.78 is 0. The molecule has 1 atom stereocenters. The summed E-state index contributed by atoms with van der Waals surface area (Å²) in [5.41, 5.74) is 1.61. The molecule has 98 valence electrons. The lowest BCUT2D eigenvalue weighted by atomic mass is 10.0. The molecule has 1 aliphatic rings. The predicted octanol–water partition coefficient (Wildman–Crippen LogP) is 1.30. The third kappa shape index (κ3) is 3.14. The van der Waals surface area contributed by atoms with Crippen LogP contribution < -0.4 is 0 Å². The van der Waals surface area contributed by atoms with Crippen LogP contribution in [0, 0.1) is 18.3 Å². The fourth-order valence-corrected chi connectivity index (χ4v) is 2.29. The number of benzene rings is 1. The molecule has 1 aromatic carbocycles. The lowest BCUT2D eigenvalue weighted by molar-refractivity contribution is -0.136. The van der Waals surface area contributed by atoms with E-state index in [0.29, 0.717) is 19.5 Å². The van der Waals surface area contributed by atoms with E-state index in [0.717, 1.165) is 11.1 Å². The number of carbonyl (C=O) groups excluding carboxylic acids is 1. The van der Waals surface area contributed by atoms with Gasteiger partial charge in [0.15, 0.2) is 0 Å². The van der Waals surface area contributed by atoms with Crippen molar-refractivity contribution in [3.05, 3.63) is 35.4 Å². The lowest BCUT2D eigenvalue weighted by Gasteiger charge is -2.17. The molecule has 1 N–H and O–H groups in total. The average Bonchev–Trinajstić information content (AvgIpc) is 2.72. The van der Waals surface area contributed by atoms with Crippen molar-refractivity contribution in [2.24, 2.45) is 5.92 Å². The van der Waals surface area contributed by atoms with Gasteiger partial charge in [0.2, 0.25) is 5.91 Å². The zero-order valence-corrected chi connectivity index (χ0v) is 10.5. The van der Waals surface area contributed by atoms with Crippen LogP contribution in [-0.2, 0) is 22.6 Å². The number of carboxylic acid groups (broad SMARTS) is 1. The molecule has 1 aliphatic heterocycles. The summed E-state index contributed by atoms with van der Waals surface area (Å²) in [5, 5.41) is 8.88. The van der Waals surface area contributed by atoms with Crippen LogP contribution in [0.15, 0.2) is 24.3 Å². The van der Waals surface area contributed by atoms with Crippen molar-refractivity contribution < 1.29 is 14.7 Å². The topological polar surface area (TPSA) is 57.6 Å². The van der Waals surface area contributed by atoms with Gasteiger partial charge in [0, 0.05) is 25.4 Å². The fourth-order valence-electron chi connectivity index (χ4n) is 2.29. The van der Waals surface area contributed by atoms with Gasteiger partial charge in [-0.2, -0.15) is 0 Å². The van der Waals surface area contributed by atoms with E-state index in [1.807, 2.05) is 12.1 Å². The van der Waals surface area contributed by atoms with E-state index >= 15 is 0 Å². The van der Waals surface area contributed by atoms with Gasteiger partial charge in [-0.1, -0.05) is 24.3 Å². The Bertz CT molecular complexity index is 545. The molecule has 1 saturated heterocycles. The highest BCUT2D eigenvalue weighted by Gasteiger charge is 2.28. The van der Waals surface area contributed by atoms with E-state index in [2.05, 4.69) is 5.92 Å². The van der Waals surface area contributed by atoms with Crippen LogP contribution in [0.2, 0.25) is 0 Å². The van der Waals surface area contributed by atoms with Gasteiger partial charge in [-0.3, -0.25) is 9.59 Å². The number of carbonyl (C=O) groups is 2. The standard InChI is InChI=1S/C15H15NO3/c1-2-11-7-14(17)16(9-11)10-13-6-4-3-5-12(13)8-15(18)19/h1,3-6,11H,7-10H2,(H,18,19). The molecule has 1 aromatic rings. The number of carboxylic acids is 1. The molecule has 0 aliphatic carbocycles. The summed E-state index contributed by atoms with van der Waals surface area (Å²) in [7, 11) is 0. The molecule has 0 bridgehead atoms. The van der Waals surface area contributed by atoms with Crippen molar-refractivity contribution in [2.45, 2.75) is 19.4 Å². The highest BCUT2D eigenvalue weighted by Crippen LogP contribution is 2.21. The largest absolute Gasteiger partial charge is 0.481 e. The zero-order valence-electron chi connectivity index (χ0n) is 10.5. The van der Waals surface area contributed by atoms with Crippen molar-refractivity contribution in [2.75, 3.05) is 6.54 Å². The van der Waals surface area contributed by atoms with E-state index in [1.54, 1.807) is 17.0 Å². The third-order valence-corrected chi connectivity index (χ3v) is 3.27. The maximum absolute atomic E-state index is 11.8. The summed E-state index contributed by atoms with van der Waals surface area (Å²) in [5.74, 6) is 1.73. The molecule has 2 rings (SSSR count). The van der Waals surface area contributed by atoms with E-state index < -0.39 is 5.97 Å². The molecular formula is C15H15NO3. The van der Waals surface area contributed by atoms with Crippen LogP contribution in [0.25, 0.3) is 0 Å². The number of likely N-dealkylation sites (tertiary alicyclic amines) is 1. The second kappa shape index (κ2) is 5.57. The van der Waals surface area contributed by atoms with E-state index in [4.69, 9.17) is 11.5 Å². The van der Waals surface area contributed by atoms with Gasteiger partial charge in [0.05, 0.1) is 6.42 Å². The van der Waals surface area contributed by atoms with Crippen LogP contribution in [0.1, 0.15) is 17.5 Å². The fraction of sp³-hybridized carbons (Fsp3) is 0.333. The molecule has 0 aromatic heterocycles. The normalized spacial score (nSPS) is 18.4. The van der Waals surface area contributed by atoms with E-state index in [1.165, 1.54) is 0 Å². The Kier molecular flexibility index (Phi) is 3.86. The van der Waals surface area contributed by atoms with Gasteiger partial charge < -0.3 is 10.0 Å². The third-order valence-electron chi connectivity index (χ3n) is 3.27. The number of amides is 1. The van der Waals surface area contributed by atoms with Crippen molar-refractivity contribution in [1.82, 2.24) is 4.90 Å². The Morgan fingerprint density at radius 2 is 2.11 bits per heavy atom. The number of hydrogen-bond acceptors (Lipinski definition) is 2. The minimum Gasteiger partial charge on any atom is -0.481 e. The SMILES string of the molecule is C#CC1CC(=O)N(Cc2ccccc2CC(=O)O)C1. The molecule has 1 amide bonds. The van der Waals surface area contributed by atoms with Gasteiger partial charge in [-0.15, -0.1) is 12.3 Å². The average molecular weight is 257 g/mol. The lowest BCUT2D eigenvalue weighted by Crippen LogP contribution is -2.25. The molecular weight excluding hydrogens is 242 g/mol. The van der Waals surface area contributed by atoms with Gasteiger partial charge in [0.25, 0.3) is 0 Å². The molecule has 4 nitrogen and oxygen atoms in total. The molecule has 0 spiro atoms. The Labute approximate surface area is 112 Å². The number of terminal acetylenes is 1. The van der Waals surface area contributed by atoms with Crippen LogP contribution in [0.5, 0.6) is 0 Å². The summed E-state index contributed by atoms with van der Waals surface area (Å²) >= 11 is 0. The van der Waals surface area contributed by atoms with Gasteiger partial charge >= 0.3 is 5.97 Å². The smallest absolute Gasteiger partial charge is 0.307 e. The van der Waals surface area contributed by atoms with Gasteiger partial charge in [-0.25, -0.2) is 0 Å². The summed E-state index contributed by atoms with van der Waals surface area (Å²) in [6.07, 6.45) is 5.70. The number of rotatable bonds is 4. The summed E-state index contributed by atoms with van der Waals surface area (Å²) in [6, 6.07) is 7.29. The van der Waals surface area contributed by atoms with Crippen molar-refractivity contribution in [3.63, 3.8) is 0 Å². The summed E-state index contributed by atoms with van der Waals surface area (Å²) in [4.78, 5) is 24.3. The van der Waals surface area contributed by atoms with Crippen LogP contribution in [-0.4, -0.2) is 28.4 Å². The highest BCUT2D eigenvalue weighted by molar-refractivity contribution is 5.79. The molecule has 4 heteroatoms. The first-order valence-electron chi connectivity index (χ1n) is 6.12. The van der Waals surface area contributed by atoms with Crippen LogP contribution in [0.4, 0.5) is 0 Å².